The Morgan fingerprint density at radius 1 is 1.29 bits per heavy atom. The van der Waals surface area contributed by atoms with Crippen LogP contribution in [0.4, 0.5) is 0 Å². The fourth-order valence-electron chi connectivity index (χ4n) is 3.96. The van der Waals surface area contributed by atoms with Crippen molar-refractivity contribution in [3.63, 3.8) is 0 Å². The second kappa shape index (κ2) is 7.84. The number of methoxy groups -OCH3 is 1. The first-order chi connectivity index (χ1) is 13.7. The van der Waals surface area contributed by atoms with Crippen LogP contribution in [-0.4, -0.2) is 39.6 Å². The van der Waals surface area contributed by atoms with Gasteiger partial charge in [0, 0.05) is 24.5 Å². The summed E-state index contributed by atoms with van der Waals surface area (Å²) in [6.07, 6.45) is 7.78. The predicted molar refractivity (Wildman–Crippen MR) is 107 cm³/mol. The smallest absolute Gasteiger partial charge is 0.227 e. The summed E-state index contributed by atoms with van der Waals surface area (Å²) in [6, 6.07) is 9.71. The molecule has 3 aromatic rings. The molecule has 28 heavy (non-hydrogen) atoms. The third-order valence-electron chi connectivity index (χ3n) is 5.38. The molecule has 4 rings (SSSR count). The number of nitrogens with one attached hydrogen (secondary N) is 1. The van der Waals surface area contributed by atoms with Crippen molar-refractivity contribution < 1.29 is 9.53 Å². The Kier molecular flexibility index (Phi) is 5.10. The standard InChI is InChI=1S/C22H24N4O2/c1-15-13-23-9-8-18(15)19-14-24-25-22(19)20-7-4-10-26(20)21(27)12-16-5-3-6-17(11-16)28-2/h3,5-6,8-9,11,13-14,20H,4,7,10,12H2,1-2H3,(H,24,25). The van der Waals surface area contributed by atoms with E-state index in [2.05, 4.69) is 15.2 Å². The lowest BCUT2D eigenvalue weighted by molar-refractivity contribution is -0.131. The number of hydrogen-bond donors (Lipinski definition) is 1. The van der Waals surface area contributed by atoms with Crippen LogP contribution in [0.1, 0.15) is 35.7 Å². The van der Waals surface area contributed by atoms with Crippen molar-refractivity contribution in [1.82, 2.24) is 20.1 Å². The lowest BCUT2D eigenvalue weighted by Crippen LogP contribution is -2.32. The summed E-state index contributed by atoms with van der Waals surface area (Å²) >= 11 is 0. The largest absolute Gasteiger partial charge is 0.497 e. The molecular formula is C22H24N4O2. The molecule has 6 nitrogen and oxygen atoms in total. The van der Waals surface area contributed by atoms with E-state index in [4.69, 9.17) is 4.74 Å². The molecule has 1 saturated heterocycles. The summed E-state index contributed by atoms with van der Waals surface area (Å²) in [5, 5.41) is 7.44. The van der Waals surface area contributed by atoms with Gasteiger partial charge >= 0.3 is 0 Å². The van der Waals surface area contributed by atoms with E-state index in [1.807, 2.05) is 54.5 Å². The van der Waals surface area contributed by atoms with Crippen molar-refractivity contribution in [2.45, 2.75) is 32.2 Å². The number of benzene rings is 1. The van der Waals surface area contributed by atoms with Crippen molar-refractivity contribution >= 4 is 5.91 Å². The molecule has 3 heterocycles. The van der Waals surface area contributed by atoms with Crippen molar-refractivity contribution in [3.05, 3.63) is 65.7 Å². The van der Waals surface area contributed by atoms with Crippen LogP contribution in [0.3, 0.4) is 0 Å². The van der Waals surface area contributed by atoms with Gasteiger partial charge in [0.05, 0.1) is 31.5 Å². The van der Waals surface area contributed by atoms with Crippen LogP contribution in [0.5, 0.6) is 5.75 Å². The molecule has 1 aliphatic heterocycles. The van der Waals surface area contributed by atoms with Crippen molar-refractivity contribution in [2.24, 2.45) is 0 Å². The Morgan fingerprint density at radius 3 is 3.00 bits per heavy atom. The van der Waals surface area contributed by atoms with E-state index in [9.17, 15) is 4.79 Å². The molecule has 6 heteroatoms. The molecular weight excluding hydrogens is 352 g/mol. The van der Waals surface area contributed by atoms with Gasteiger partial charge in [-0.25, -0.2) is 0 Å². The number of aromatic nitrogens is 3. The first kappa shape index (κ1) is 18.2. The number of rotatable bonds is 5. The molecule has 0 spiro atoms. The number of pyridine rings is 1. The normalized spacial score (nSPS) is 16.4. The van der Waals surface area contributed by atoms with Gasteiger partial charge in [0.25, 0.3) is 0 Å². The van der Waals surface area contributed by atoms with E-state index in [1.165, 1.54) is 0 Å². The number of hydrogen-bond acceptors (Lipinski definition) is 4. The maximum Gasteiger partial charge on any atom is 0.227 e. The lowest BCUT2D eigenvalue weighted by Gasteiger charge is -2.25. The number of aromatic amines is 1. The first-order valence-corrected chi connectivity index (χ1v) is 9.54. The molecule has 0 aliphatic carbocycles. The number of likely N-dealkylation sites (tertiary alicyclic amines) is 1. The average Bonchev–Trinajstić information content (AvgIpc) is 3.37. The van der Waals surface area contributed by atoms with E-state index < -0.39 is 0 Å². The minimum Gasteiger partial charge on any atom is -0.497 e. The SMILES string of the molecule is COc1cccc(CC(=O)N2CCCC2c2[nH]ncc2-c2ccncc2C)c1. The van der Waals surface area contributed by atoms with Crippen LogP contribution in [0.25, 0.3) is 11.1 Å². The Balaban J connectivity index is 1.58. The van der Waals surface area contributed by atoms with Crippen molar-refractivity contribution in [2.75, 3.05) is 13.7 Å². The molecule has 1 N–H and O–H groups in total. The number of amides is 1. The summed E-state index contributed by atoms with van der Waals surface area (Å²) in [6.45, 7) is 2.81. The van der Waals surface area contributed by atoms with Crippen LogP contribution in [-0.2, 0) is 11.2 Å². The number of aryl methyl sites for hydroxylation is 1. The van der Waals surface area contributed by atoms with Crippen LogP contribution < -0.4 is 4.74 Å². The van der Waals surface area contributed by atoms with Gasteiger partial charge in [0.1, 0.15) is 5.75 Å². The van der Waals surface area contributed by atoms with Gasteiger partial charge in [-0.1, -0.05) is 12.1 Å². The molecule has 0 bridgehead atoms. The maximum absolute atomic E-state index is 13.1. The van der Waals surface area contributed by atoms with E-state index in [0.717, 1.165) is 53.1 Å². The molecule has 1 aromatic carbocycles. The summed E-state index contributed by atoms with van der Waals surface area (Å²) in [7, 11) is 1.64. The first-order valence-electron chi connectivity index (χ1n) is 9.54. The predicted octanol–water partition coefficient (Wildman–Crippen LogP) is 3.69. The van der Waals surface area contributed by atoms with E-state index in [-0.39, 0.29) is 11.9 Å². The third-order valence-corrected chi connectivity index (χ3v) is 5.38. The van der Waals surface area contributed by atoms with Gasteiger partial charge < -0.3 is 9.64 Å². The molecule has 1 unspecified atom stereocenters. The fraction of sp³-hybridized carbons (Fsp3) is 0.318. The molecule has 0 saturated carbocycles. The Bertz CT molecular complexity index is 982. The summed E-state index contributed by atoms with van der Waals surface area (Å²) in [5.74, 6) is 0.898. The zero-order valence-corrected chi connectivity index (χ0v) is 16.2. The minimum atomic E-state index is 0.0168. The Labute approximate surface area is 164 Å². The molecule has 1 fully saturated rings. The molecule has 1 atom stereocenters. The van der Waals surface area contributed by atoms with Crippen molar-refractivity contribution in [1.29, 1.82) is 0 Å². The second-order valence-electron chi connectivity index (χ2n) is 7.16. The zero-order valence-electron chi connectivity index (χ0n) is 16.2. The van der Waals surface area contributed by atoms with Gasteiger partial charge in [0.15, 0.2) is 0 Å². The van der Waals surface area contributed by atoms with E-state index in [1.54, 1.807) is 13.3 Å². The number of H-pyrrole nitrogens is 1. The van der Waals surface area contributed by atoms with Crippen LogP contribution in [0.15, 0.2) is 48.9 Å². The van der Waals surface area contributed by atoms with Crippen molar-refractivity contribution in [3.8, 4) is 16.9 Å². The summed E-state index contributed by atoms with van der Waals surface area (Å²) < 4.78 is 5.27. The summed E-state index contributed by atoms with van der Waals surface area (Å²) in [4.78, 5) is 19.2. The van der Waals surface area contributed by atoms with Gasteiger partial charge in [0.2, 0.25) is 5.91 Å². The van der Waals surface area contributed by atoms with Gasteiger partial charge in [-0.2, -0.15) is 5.10 Å². The Morgan fingerprint density at radius 2 is 2.18 bits per heavy atom. The van der Waals surface area contributed by atoms with E-state index in [0.29, 0.717) is 6.42 Å². The second-order valence-corrected chi connectivity index (χ2v) is 7.16. The lowest BCUT2D eigenvalue weighted by atomic mass is 9.98. The average molecular weight is 376 g/mol. The Hall–Kier alpha value is -3.15. The third kappa shape index (κ3) is 3.50. The molecule has 1 aliphatic rings. The fourth-order valence-corrected chi connectivity index (χ4v) is 3.96. The highest BCUT2D eigenvalue weighted by atomic mass is 16.5. The number of carbonyl (C=O) groups is 1. The highest BCUT2D eigenvalue weighted by Crippen LogP contribution is 2.37. The minimum absolute atomic E-state index is 0.0168. The number of ether oxygens (including phenoxy) is 1. The van der Waals surface area contributed by atoms with Crippen LogP contribution >= 0.6 is 0 Å². The van der Waals surface area contributed by atoms with E-state index >= 15 is 0 Å². The number of nitrogens with zero attached hydrogens (tertiary/aromatic N) is 3. The molecule has 1 amide bonds. The zero-order chi connectivity index (χ0) is 19.5. The van der Waals surface area contributed by atoms with Crippen LogP contribution in [0.2, 0.25) is 0 Å². The molecule has 144 valence electrons. The highest BCUT2D eigenvalue weighted by molar-refractivity contribution is 5.80. The maximum atomic E-state index is 13.1. The quantitative estimate of drug-likeness (QED) is 0.737. The van der Waals surface area contributed by atoms with Gasteiger partial charge in [-0.3, -0.25) is 14.9 Å². The van der Waals surface area contributed by atoms with Gasteiger partial charge in [-0.15, -0.1) is 0 Å². The van der Waals surface area contributed by atoms with Crippen LogP contribution in [0, 0.1) is 6.92 Å². The number of carbonyl (C=O) groups excluding carboxylic acids is 1. The van der Waals surface area contributed by atoms with Gasteiger partial charge in [-0.05, 0) is 54.7 Å². The monoisotopic (exact) mass is 376 g/mol. The highest BCUT2D eigenvalue weighted by Gasteiger charge is 2.32. The molecule has 0 radical (unpaired) electrons. The topological polar surface area (TPSA) is 71.1 Å². The molecule has 2 aromatic heterocycles. The summed E-state index contributed by atoms with van der Waals surface area (Å²) in [5.41, 5.74) is 5.21.